The molecule has 0 N–H and O–H groups in total. The first-order valence-electron chi connectivity index (χ1n) is 10.3. The van der Waals surface area contributed by atoms with Crippen molar-refractivity contribution >= 4 is 5.97 Å². The number of hydrogen-bond acceptors (Lipinski definition) is 4. The van der Waals surface area contributed by atoms with Crippen molar-refractivity contribution in [3.05, 3.63) is 95.6 Å². The smallest absolute Gasteiger partial charge is 0.338 e. The normalized spacial score (nSPS) is 12.6. The molecule has 30 heavy (non-hydrogen) atoms. The van der Waals surface area contributed by atoms with E-state index in [0.29, 0.717) is 30.3 Å². The number of hydrogen-bond donors (Lipinski definition) is 0. The molecular weight excluding hydrogens is 376 g/mol. The predicted molar refractivity (Wildman–Crippen MR) is 118 cm³/mol. The van der Waals surface area contributed by atoms with Crippen molar-refractivity contribution in [1.29, 1.82) is 0 Å². The van der Waals surface area contributed by atoms with E-state index in [4.69, 9.17) is 14.2 Å². The van der Waals surface area contributed by atoms with Gasteiger partial charge in [-0.05, 0) is 43.2 Å². The molecule has 3 rings (SSSR count). The molecule has 0 aliphatic carbocycles. The molecule has 0 aliphatic heterocycles. The fourth-order valence-corrected chi connectivity index (χ4v) is 3.14. The molecule has 0 saturated heterocycles. The predicted octanol–water partition coefficient (Wildman–Crippen LogP) is 6.19. The Morgan fingerprint density at radius 3 is 2.10 bits per heavy atom. The summed E-state index contributed by atoms with van der Waals surface area (Å²) in [5, 5.41) is 0. The number of rotatable bonds is 9. The Labute approximate surface area is 178 Å². The Hall–Kier alpha value is -3.27. The van der Waals surface area contributed by atoms with E-state index in [1.165, 1.54) is 5.56 Å². The van der Waals surface area contributed by atoms with E-state index in [-0.39, 0.29) is 18.0 Å². The van der Waals surface area contributed by atoms with Crippen LogP contribution in [0.25, 0.3) is 0 Å². The zero-order valence-corrected chi connectivity index (χ0v) is 17.7. The molecule has 0 fully saturated rings. The Kier molecular flexibility index (Phi) is 7.50. The molecule has 0 bridgehead atoms. The average molecular weight is 405 g/mol. The van der Waals surface area contributed by atoms with Crippen LogP contribution in [0.15, 0.2) is 78.9 Å². The van der Waals surface area contributed by atoms with Crippen molar-refractivity contribution in [2.45, 2.75) is 32.8 Å². The monoisotopic (exact) mass is 404 g/mol. The van der Waals surface area contributed by atoms with E-state index in [1.54, 1.807) is 25.1 Å². The van der Waals surface area contributed by atoms with Gasteiger partial charge in [0.05, 0.1) is 18.8 Å². The molecule has 0 spiro atoms. The number of benzene rings is 3. The number of carbonyl (C=O) groups is 1. The summed E-state index contributed by atoms with van der Waals surface area (Å²) in [4.78, 5) is 12.2. The van der Waals surface area contributed by atoms with E-state index in [2.05, 4.69) is 19.1 Å². The first kappa shape index (κ1) is 21.4. The molecule has 1 unspecified atom stereocenters. The minimum atomic E-state index is -0.376. The van der Waals surface area contributed by atoms with Crippen molar-refractivity contribution in [2.75, 3.05) is 13.2 Å². The van der Waals surface area contributed by atoms with Gasteiger partial charge in [0.1, 0.15) is 6.10 Å². The van der Waals surface area contributed by atoms with Crippen LogP contribution in [0.2, 0.25) is 0 Å². The maximum atomic E-state index is 12.2. The van der Waals surface area contributed by atoms with Crippen molar-refractivity contribution in [2.24, 2.45) is 0 Å². The Balaban J connectivity index is 1.80. The third kappa shape index (κ3) is 5.63. The summed E-state index contributed by atoms with van der Waals surface area (Å²) in [7, 11) is 0. The molecule has 156 valence electrons. The molecule has 3 aromatic carbocycles. The second-order valence-electron chi connectivity index (χ2n) is 7.18. The fourth-order valence-electron chi connectivity index (χ4n) is 3.14. The van der Waals surface area contributed by atoms with E-state index in [0.717, 1.165) is 5.56 Å². The van der Waals surface area contributed by atoms with Crippen molar-refractivity contribution < 1.29 is 19.0 Å². The molecular formula is C26H28O4. The lowest BCUT2D eigenvalue weighted by Crippen LogP contribution is -2.11. The summed E-state index contributed by atoms with van der Waals surface area (Å²) in [6.07, 6.45) is -0.197. The second kappa shape index (κ2) is 10.5. The van der Waals surface area contributed by atoms with Gasteiger partial charge < -0.3 is 14.2 Å². The maximum Gasteiger partial charge on any atom is 0.338 e. The second-order valence-corrected chi connectivity index (χ2v) is 7.18. The Morgan fingerprint density at radius 2 is 1.47 bits per heavy atom. The standard InChI is InChI=1S/C26H28O4/c1-4-28-26(27)23-15-16-24(29-18-19(2)21-11-7-5-8-12-21)25(17-23)30-20(3)22-13-9-6-10-14-22/h5-17,19-20H,4,18H2,1-3H3/t19?,20-/m0/s1. The maximum absolute atomic E-state index is 12.2. The van der Waals surface area contributed by atoms with Gasteiger partial charge in [-0.25, -0.2) is 4.79 Å². The molecule has 0 aromatic heterocycles. The minimum Gasteiger partial charge on any atom is -0.489 e. The molecule has 0 amide bonds. The first-order valence-corrected chi connectivity index (χ1v) is 10.3. The Morgan fingerprint density at radius 1 is 0.833 bits per heavy atom. The zero-order valence-electron chi connectivity index (χ0n) is 17.7. The van der Waals surface area contributed by atoms with Crippen LogP contribution in [-0.2, 0) is 4.74 Å². The topological polar surface area (TPSA) is 44.8 Å². The first-order chi connectivity index (χ1) is 14.6. The van der Waals surface area contributed by atoms with Gasteiger partial charge in [-0.2, -0.15) is 0 Å². The highest BCUT2D eigenvalue weighted by Gasteiger charge is 2.17. The van der Waals surface area contributed by atoms with Gasteiger partial charge in [0.25, 0.3) is 0 Å². The SMILES string of the molecule is CCOC(=O)c1ccc(OCC(C)c2ccccc2)c(O[C@@H](C)c2ccccc2)c1. The van der Waals surface area contributed by atoms with Crippen LogP contribution in [0.3, 0.4) is 0 Å². The Bertz CT molecular complexity index is 938. The average Bonchev–Trinajstić information content (AvgIpc) is 2.79. The number of esters is 1. The fraction of sp³-hybridized carbons (Fsp3) is 0.269. The summed E-state index contributed by atoms with van der Waals surface area (Å²) >= 11 is 0. The summed E-state index contributed by atoms with van der Waals surface area (Å²) in [5.41, 5.74) is 2.69. The van der Waals surface area contributed by atoms with Crippen LogP contribution in [0.5, 0.6) is 11.5 Å². The quantitative estimate of drug-likeness (QED) is 0.399. The largest absolute Gasteiger partial charge is 0.489 e. The van der Waals surface area contributed by atoms with Gasteiger partial charge in [0.2, 0.25) is 0 Å². The van der Waals surface area contributed by atoms with Crippen LogP contribution >= 0.6 is 0 Å². The van der Waals surface area contributed by atoms with E-state index < -0.39 is 0 Å². The summed E-state index contributed by atoms with van der Waals surface area (Å²) in [6.45, 7) is 6.70. The number of carbonyl (C=O) groups excluding carboxylic acids is 1. The highest BCUT2D eigenvalue weighted by atomic mass is 16.5. The molecule has 0 saturated carbocycles. The highest BCUT2D eigenvalue weighted by molar-refractivity contribution is 5.90. The lowest BCUT2D eigenvalue weighted by Gasteiger charge is -2.20. The number of ether oxygens (including phenoxy) is 3. The third-order valence-electron chi connectivity index (χ3n) is 4.89. The van der Waals surface area contributed by atoms with Crippen LogP contribution in [0.1, 0.15) is 54.3 Å². The lowest BCUT2D eigenvalue weighted by atomic mass is 10.0. The summed E-state index contributed by atoms with van der Waals surface area (Å²) in [5.74, 6) is 0.972. The van der Waals surface area contributed by atoms with Crippen LogP contribution in [0.4, 0.5) is 0 Å². The molecule has 4 heteroatoms. The van der Waals surface area contributed by atoms with Crippen molar-refractivity contribution in [3.63, 3.8) is 0 Å². The molecule has 0 radical (unpaired) electrons. The molecule has 0 aliphatic rings. The third-order valence-corrected chi connectivity index (χ3v) is 4.89. The van der Waals surface area contributed by atoms with Gasteiger partial charge in [-0.15, -0.1) is 0 Å². The van der Waals surface area contributed by atoms with E-state index >= 15 is 0 Å². The van der Waals surface area contributed by atoms with Gasteiger partial charge in [-0.3, -0.25) is 0 Å². The summed E-state index contributed by atoms with van der Waals surface area (Å²) < 4.78 is 17.4. The summed E-state index contributed by atoms with van der Waals surface area (Å²) in [6, 6.07) is 25.4. The van der Waals surface area contributed by atoms with Crippen LogP contribution in [-0.4, -0.2) is 19.2 Å². The van der Waals surface area contributed by atoms with Crippen LogP contribution < -0.4 is 9.47 Å². The van der Waals surface area contributed by atoms with E-state index in [1.807, 2.05) is 55.5 Å². The van der Waals surface area contributed by atoms with Gasteiger partial charge >= 0.3 is 5.97 Å². The molecule has 0 heterocycles. The molecule has 3 aromatic rings. The van der Waals surface area contributed by atoms with Gasteiger partial charge in [-0.1, -0.05) is 67.6 Å². The molecule has 4 nitrogen and oxygen atoms in total. The molecule has 2 atom stereocenters. The van der Waals surface area contributed by atoms with Gasteiger partial charge in [0, 0.05) is 5.92 Å². The zero-order chi connectivity index (χ0) is 21.3. The van der Waals surface area contributed by atoms with Crippen LogP contribution in [0, 0.1) is 0 Å². The highest BCUT2D eigenvalue weighted by Crippen LogP contribution is 2.33. The van der Waals surface area contributed by atoms with Crippen molar-refractivity contribution in [3.8, 4) is 11.5 Å². The lowest BCUT2D eigenvalue weighted by molar-refractivity contribution is 0.0525. The van der Waals surface area contributed by atoms with Crippen molar-refractivity contribution in [1.82, 2.24) is 0 Å². The minimum absolute atomic E-state index is 0.197. The van der Waals surface area contributed by atoms with Gasteiger partial charge in [0.15, 0.2) is 11.5 Å². The van der Waals surface area contributed by atoms with E-state index in [9.17, 15) is 4.79 Å².